The molecule has 2 rings (SSSR count). The minimum Gasteiger partial charge on any atom is -0.377 e. The standard InChI is InChI=1S/C16H23N3O/c1-19(2)16(17-12-14-6-4-3-5-7-14)18-13-15-8-10-20-11-9-15/h3-8H,9-13H2,1-2H3,(H,17,18). The van der Waals surface area contributed by atoms with E-state index in [4.69, 9.17) is 4.74 Å². The number of hydrogen-bond acceptors (Lipinski definition) is 2. The van der Waals surface area contributed by atoms with Crippen molar-refractivity contribution in [1.29, 1.82) is 0 Å². The predicted molar refractivity (Wildman–Crippen MR) is 82.8 cm³/mol. The SMILES string of the molecule is CN(C)C(=NCc1ccccc1)NCC1=CCOCC1. The summed E-state index contributed by atoms with van der Waals surface area (Å²) < 4.78 is 5.31. The molecule has 0 fully saturated rings. The summed E-state index contributed by atoms with van der Waals surface area (Å²) in [6.07, 6.45) is 3.16. The van der Waals surface area contributed by atoms with Crippen molar-refractivity contribution in [2.75, 3.05) is 33.9 Å². The van der Waals surface area contributed by atoms with Crippen LogP contribution in [0.5, 0.6) is 0 Å². The molecule has 0 amide bonds. The number of aliphatic imine (C=N–C) groups is 1. The zero-order chi connectivity index (χ0) is 14.2. The van der Waals surface area contributed by atoms with Gasteiger partial charge in [-0.25, -0.2) is 4.99 Å². The molecule has 0 aromatic heterocycles. The zero-order valence-electron chi connectivity index (χ0n) is 12.3. The topological polar surface area (TPSA) is 36.9 Å². The lowest BCUT2D eigenvalue weighted by Crippen LogP contribution is -2.37. The van der Waals surface area contributed by atoms with Gasteiger partial charge in [-0.15, -0.1) is 0 Å². The Morgan fingerprint density at radius 1 is 1.30 bits per heavy atom. The molecule has 1 aliphatic rings. The largest absolute Gasteiger partial charge is 0.377 e. The second kappa shape index (κ2) is 7.70. The number of guanidine groups is 1. The number of hydrogen-bond donors (Lipinski definition) is 1. The molecule has 0 saturated heterocycles. The molecule has 0 unspecified atom stereocenters. The number of nitrogens with one attached hydrogen (secondary N) is 1. The number of ether oxygens (including phenoxy) is 1. The Morgan fingerprint density at radius 2 is 2.10 bits per heavy atom. The lowest BCUT2D eigenvalue weighted by Gasteiger charge is -2.20. The molecule has 1 heterocycles. The Bertz CT molecular complexity index is 466. The van der Waals surface area contributed by atoms with Gasteiger partial charge in [0, 0.05) is 20.6 Å². The van der Waals surface area contributed by atoms with Crippen LogP contribution in [0.1, 0.15) is 12.0 Å². The molecule has 0 radical (unpaired) electrons. The fourth-order valence-electron chi connectivity index (χ4n) is 2.02. The maximum Gasteiger partial charge on any atom is 0.193 e. The Balaban J connectivity index is 1.91. The molecule has 1 aromatic carbocycles. The van der Waals surface area contributed by atoms with Gasteiger partial charge in [0.2, 0.25) is 0 Å². The second-order valence-electron chi connectivity index (χ2n) is 5.06. The molecule has 4 nitrogen and oxygen atoms in total. The minimum absolute atomic E-state index is 0.698. The summed E-state index contributed by atoms with van der Waals surface area (Å²) in [4.78, 5) is 6.67. The van der Waals surface area contributed by atoms with Crippen LogP contribution in [0.25, 0.3) is 0 Å². The third-order valence-electron chi connectivity index (χ3n) is 3.21. The Labute approximate surface area is 121 Å². The fraction of sp³-hybridized carbons (Fsp3) is 0.438. The first kappa shape index (κ1) is 14.6. The highest BCUT2D eigenvalue weighted by Crippen LogP contribution is 2.06. The second-order valence-corrected chi connectivity index (χ2v) is 5.06. The van der Waals surface area contributed by atoms with Crippen molar-refractivity contribution in [3.05, 3.63) is 47.5 Å². The molecule has 1 aromatic rings. The van der Waals surface area contributed by atoms with Crippen LogP contribution in [0.15, 0.2) is 47.0 Å². The van der Waals surface area contributed by atoms with Crippen molar-refractivity contribution >= 4 is 5.96 Å². The smallest absolute Gasteiger partial charge is 0.193 e. The normalized spacial score (nSPS) is 15.7. The van der Waals surface area contributed by atoms with E-state index in [-0.39, 0.29) is 0 Å². The van der Waals surface area contributed by atoms with E-state index in [1.807, 2.05) is 37.2 Å². The first-order chi connectivity index (χ1) is 9.75. The third kappa shape index (κ3) is 4.70. The molecule has 0 atom stereocenters. The van der Waals surface area contributed by atoms with E-state index in [2.05, 4.69) is 28.5 Å². The van der Waals surface area contributed by atoms with Gasteiger partial charge >= 0.3 is 0 Å². The van der Waals surface area contributed by atoms with Gasteiger partial charge in [0.15, 0.2) is 5.96 Å². The fourth-order valence-corrected chi connectivity index (χ4v) is 2.02. The highest BCUT2D eigenvalue weighted by molar-refractivity contribution is 5.79. The van der Waals surface area contributed by atoms with Crippen molar-refractivity contribution in [3.8, 4) is 0 Å². The first-order valence-electron chi connectivity index (χ1n) is 7.01. The van der Waals surface area contributed by atoms with Gasteiger partial charge in [-0.05, 0) is 12.0 Å². The first-order valence-corrected chi connectivity index (χ1v) is 7.01. The molecule has 0 spiro atoms. The van der Waals surface area contributed by atoms with Crippen molar-refractivity contribution in [3.63, 3.8) is 0 Å². The van der Waals surface area contributed by atoms with Crippen LogP contribution in [0.2, 0.25) is 0 Å². The van der Waals surface area contributed by atoms with Crippen LogP contribution < -0.4 is 5.32 Å². The molecule has 108 valence electrons. The molecule has 1 aliphatic heterocycles. The molecule has 0 aliphatic carbocycles. The van der Waals surface area contributed by atoms with Gasteiger partial charge in [-0.2, -0.15) is 0 Å². The average molecular weight is 273 g/mol. The van der Waals surface area contributed by atoms with Crippen molar-refractivity contribution in [1.82, 2.24) is 10.2 Å². The van der Waals surface area contributed by atoms with Crippen LogP contribution >= 0.6 is 0 Å². The summed E-state index contributed by atoms with van der Waals surface area (Å²) in [5.41, 5.74) is 2.62. The highest BCUT2D eigenvalue weighted by Gasteiger charge is 2.06. The number of nitrogens with zero attached hydrogens (tertiary/aromatic N) is 2. The average Bonchev–Trinajstić information content (AvgIpc) is 2.49. The van der Waals surface area contributed by atoms with Gasteiger partial charge in [-0.3, -0.25) is 0 Å². The van der Waals surface area contributed by atoms with E-state index >= 15 is 0 Å². The number of rotatable bonds is 4. The molecule has 4 heteroatoms. The summed E-state index contributed by atoms with van der Waals surface area (Å²) in [5.74, 6) is 0.918. The monoisotopic (exact) mass is 273 g/mol. The lowest BCUT2D eigenvalue weighted by molar-refractivity contribution is 0.154. The van der Waals surface area contributed by atoms with E-state index in [9.17, 15) is 0 Å². The van der Waals surface area contributed by atoms with Crippen LogP contribution in [0.4, 0.5) is 0 Å². The van der Waals surface area contributed by atoms with Gasteiger partial charge < -0.3 is 15.0 Å². The van der Waals surface area contributed by atoms with Gasteiger partial charge in [0.05, 0.1) is 19.8 Å². The third-order valence-corrected chi connectivity index (χ3v) is 3.21. The minimum atomic E-state index is 0.698. The van der Waals surface area contributed by atoms with Crippen LogP contribution in [-0.4, -0.2) is 44.7 Å². The number of benzene rings is 1. The molecule has 0 bridgehead atoms. The van der Waals surface area contributed by atoms with Crippen molar-refractivity contribution in [2.45, 2.75) is 13.0 Å². The van der Waals surface area contributed by atoms with E-state index in [0.717, 1.165) is 32.1 Å². The Morgan fingerprint density at radius 3 is 2.75 bits per heavy atom. The van der Waals surface area contributed by atoms with Gasteiger partial charge in [-0.1, -0.05) is 42.0 Å². The summed E-state index contributed by atoms with van der Waals surface area (Å²) >= 11 is 0. The lowest BCUT2D eigenvalue weighted by atomic mass is 10.1. The predicted octanol–water partition coefficient (Wildman–Crippen LogP) is 2.04. The van der Waals surface area contributed by atoms with Crippen LogP contribution in [0, 0.1) is 0 Å². The van der Waals surface area contributed by atoms with E-state index < -0.39 is 0 Å². The van der Waals surface area contributed by atoms with Gasteiger partial charge in [0.25, 0.3) is 0 Å². The highest BCUT2D eigenvalue weighted by atomic mass is 16.5. The van der Waals surface area contributed by atoms with Crippen molar-refractivity contribution < 1.29 is 4.74 Å². The quantitative estimate of drug-likeness (QED) is 0.518. The summed E-state index contributed by atoms with van der Waals surface area (Å²) in [7, 11) is 4.02. The molecule has 20 heavy (non-hydrogen) atoms. The van der Waals surface area contributed by atoms with E-state index in [1.54, 1.807) is 0 Å². The maximum atomic E-state index is 5.31. The van der Waals surface area contributed by atoms with Crippen LogP contribution in [0.3, 0.4) is 0 Å². The summed E-state index contributed by atoms with van der Waals surface area (Å²) in [6, 6.07) is 10.3. The molecule has 0 saturated carbocycles. The maximum absolute atomic E-state index is 5.31. The Hall–Kier alpha value is -1.81. The molecule has 1 N–H and O–H groups in total. The van der Waals surface area contributed by atoms with Crippen LogP contribution in [-0.2, 0) is 11.3 Å². The summed E-state index contributed by atoms with van der Waals surface area (Å²) in [5, 5.41) is 3.41. The van der Waals surface area contributed by atoms with E-state index in [0.29, 0.717) is 6.54 Å². The zero-order valence-corrected chi connectivity index (χ0v) is 12.3. The molecular formula is C16H23N3O. The van der Waals surface area contributed by atoms with E-state index in [1.165, 1.54) is 11.1 Å². The van der Waals surface area contributed by atoms with Gasteiger partial charge in [0.1, 0.15) is 0 Å². The summed E-state index contributed by atoms with van der Waals surface area (Å²) in [6.45, 7) is 3.10. The van der Waals surface area contributed by atoms with Crippen molar-refractivity contribution in [2.24, 2.45) is 4.99 Å². The molecular weight excluding hydrogens is 250 g/mol. The Kier molecular flexibility index (Phi) is 5.62.